The molecule has 0 bridgehead atoms. The molecule has 0 spiro atoms. The highest BCUT2D eigenvalue weighted by Crippen LogP contribution is 2.31. The summed E-state index contributed by atoms with van der Waals surface area (Å²) in [5.74, 6) is 0.462. The van der Waals surface area contributed by atoms with Crippen molar-refractivity contribution in [3.8, 4) is 0 Å². The van der Waals surface area contributed by atoms with Gasteiger partial charge in [-0.25, -0.2) is 4.98 Å². The number of nitrogens with zero attached hydrogens (tertiary/aromatic N) is 3. The van der Waals surface area contributed by atoms with Gasteiger partial charge in [0.05, 0.1) is 12.6 Å². The lowest BCUT2D eigenvalue weighted by Crippen LogP contribution is -2.32. The molecule has 0 radical (unpaired) electrons. The van der Waals surface area contributed by atoms with Gasteiger partial charge >= 0.3 is 0 Å². The molecule has 0 amide bonds. The van der Waals surface area contributed by atoms with Gasteiger partial charge in [-0.15, -0.1) is 0 Å². The number of hydrogen-bond acceptors (Lipinski definition) is 3. The van der Waals surface area contributed by atoms with Crippen molar-refractivity contribution in [3.05, 3.63) is 48.5 Å². The van der Waals surface area contributed by atoms with Crippen LogP contribution in [0.4, 0.5) is 0 Å². The van der Waals surface area contributed by atoms with Crippen LogP contribution in [0.25, 0.3) is 0 Å². The molecule has 0 aliphatic carbocycles. The molecule has 2 unspecified atom stereocenters. The molecular weight excluding hydrogens is 226 g/mol. The van der Waals surface area contributed by atoms with Crippen LogP contribution in [0.2, 0.25) is 0 Å². The molecule has 1 aromatic heterocycles. The van der Waals surface area contributed by atoms with Gasteiger partial charge < -0.3 is 4.74 Å². The molecule has 2 atom stereocenters. The Balaban J connectivity index is 1.78. The minimum atomic E-state index is 0.197. The van der Waals surface area contributed by atoms with E-state index in [1.165, 1.54) is 12.0 Å². The second kappa shape index (κ2) is 5.31. The fourth-order valence-corrected chi connectivity index (χ4v) is 2.61. The van der Waals surface area contributed by atoms with Gasteiger partial charge in [0.2, 0.25) is 0 Å². The molecule has 1 saturated heterocycles. The molecule has 1 aromatic carbocycles. The third-order valence-corrected chi connectivity index (χ3v) is 3.50. The Morgan fingerprint density at radius 1 is 1.28 bits per heavy atom. The van der Waals surface area contributed by atoms with Crippen molar-refractivity contribution in [2.75, 3.05) is 6.61 Å². The third-order valence-electron chi connectivity index (χ3n) is 3.50. The number of rotatable bonds is 3. The van der Waals surface area contributed by atoms with Crippen molar-refractivity contribution in [1.82, 2.24) is 14.8 Å². The smallest absolute Gasteiger partial charge is 0.137 e. The van der Waals surface area contributed by atoms with Crippen molar-refractivity contribution in [1.29, 1.82) is 0 Å². The minimum absolute atomic E-state index is 0.197. The molecule has 0 saturated carbocycles. The number of aromatic nitrogens is 3. The van der Waals surface area contributed by atoms with Crippen molar-refractivity contribution in [2.45, 2.75) is 31.4 Å². The van der Waals surface area contributed by atoms with Gasteiger partial charge in [-0.2, -0.15) is 5.10 Å². The summed E-state index contributed by atoms with van der Waals surface area (Å²) in [7, 11) is 0. The summed E-state index contributed by atoms with van der Waals surface area (Å²) in [5, 5.41) is 4.16. The van der Waals surface area contributed by atoms with Crippen LogP contribution in [0.15, 0.2) is 43.0 Å². The van der Waals surface area contributed by atoms with Crippen LogP contribution in [-0.2, 0) is 11.3 Å². The van der Waals surface area contributed by atoms with Gasteiger partial charge in [-0.05, 0) is 18.4 Å². The van der Waals surface area contributed by atoms with Gasteiger partial charge in [0.1, 0.15) is 12.7 Å². The fourth-order valence-electron chi connectivity index (χ4n) is 2.61. The molecule has 0 N–H and O–H groups in total. The number of hydrogen-bond donors (Lipinski definition) is 0. The Labute approximate surface area is 107 Å². The van der Waals surface area contributed by atoms with E-state index in [0.29, 0.717) is 5.92 Å². The molecule has 1 aliphatic rings. The normalized spacial score (nSPS) is 24.0. The maximum atomic E-state index is 5.93. The predicted molar refractivity (Wildman–Crippen MR) is 68.2 cm³/mol. The summed E-state index contributed by atoms with van der Waals surface area (Å²) in [6, 6.07) is 10.6. The first-order valence-corrected chi connectivity index (χ1v) is 6.42. The standard InChI is InChI=1S/C14H17N3O/c1-2-5-12(6-3-1)13-7-4-8-18-14(13)9-17-11-15-10-16-17/h1-3,5-6,10-11,13-14H,4,7-9H2. The van der Waals surface area contributed by atoms with E-state index >= 15 is 0 Å². The van der Waals surface area contributed by atoms with Crippen LogP contribution >= 0.6 is 0 Å². The Morgan fingerprint density at radius 3 is 2.94 bits per heavy atom. The maximum Gasteiger partial charge on any atom is 0.137 e. The van der Waals surface area contributed by atoms with Crippen LogP contribution in [0.5, 0.6) is 0 Å². The van der Waals surface area contributed by atoms with Crippen LogP contribution in [0, 0.1) is 0 Å². The van der Waals surface area contributed by atoms with E-state index in [-0.39, 0.29) is 6.10 Å². The lowest BCUT2D eigenvalue weighted by Gasteiger charge is -2.32. The summed E-state index contributed by atoms with van der Waals surface area (Å²) in [5.41, 5.74) is 1.36. The highest BCUT2D eigenvalue weighted by Gasteiger charge is 2.27. The molecule has 4 nitrogen and oxygen atoms in total. The van der Waals surface area contributed by atoms with Gasteiger partial charge in [-0.1, -0.05) is 30.3 Å². The van der Waals surface area contributed by atoms with E-state index in [9.17, 15) is 0 Å². The first-order valence-electron chi connectivity index (χ1n) is 6.42. The SMILES string of the molecule is c1ccc(C2CCCOC2Cn2cncn2)cc1. The molecule has 4 heteroatoms. The molecule has 94 valence electrons. The average Bonchev–Trinajstić information content (AvgIpc) is 2.93. The number of benzene rings is 1. The fraction of sp³-hybridized carbons (Fsp3) is 0.429. The van der Waals surface area contributed by atoms with E-state index in [4.69, 9.17) is 4.74 Å². The van der Waals surface area contributed by atoms with Crippen molar-refractivity contribution >= 4 is 0 Å². The zero-order chi connectivity index (χ0) is 12.2. The highest BCUT2D eigenvalue weighted by molar-refractivity contribution is 5.21. The molecule has 2 aromatic rings. The Bertz CT molecular complexity index is 469. The molecule has 18 heavy (non-hydrogen) atoms. The summed E-state index contributed by atoms with van der Waals surface area (Å²) >= 11 is 0. The average molecular weight is 243 g/mol. The van der Waals surface area contributed by atoms with Crippen molar-refractivity contribution in [3.63, 3.8) is 0 Å². The van der Waals surface area contributed by atoms with Crippen LogP contribution in [0.3, 0.4) is 0 Å². The zero-order valence-corrected chi connectivity index (χ0v) is 10.3. The van der Waals surface area contributed by atoms with Crippen molar-refractivity contribution in [2.24, 2.45) is 0 Å². The highest BCUT2D eigenvalue weighted by atomic mass is 16.5. The first kappa shape index (κ1) is 11.4. The van der Waals surface area contributed by atoms with Gasteiger partial charge in [0.15, 0.2) is 0 Å². The van der Waals surface area contributed by atoms with E-state index in [2.05, 4.69) is 40.4 Å². The minimum Gasteiger partial charge on any atom is -0.376 e. The molecular formula is C14H17N3O. The summed E-state index contributed by atoms with van der Waals surface area (Å²) in [6.07, 6.45) is 5.83. The van der Waals surface area contributed by atoms with Crippen LogP contribution in [-0.4, -0.2) is 27.5 Å². The molecule has 3 rings (SSSR count). The lowest BCUT2D eigenvalue weighted by molar-refractivity contribution is -0.0124. The third kappa shape index (κ3) is 2.43. The quantitative estimate of drug-likeness (QED) is 0.830. The van der Waals surface area contributed by atoms with Gasteiger partial charge in [-0.3, -0.25) is 4.68 Å². The van der Waals surface area contributed by atoms with Crippen LogP contribution < -0.4 is 0 Å². The Kier molecular flexibility index (Phi) is 3.37. The Hall–Kier alpha value is -1.68. The first-order chi connectivity index (χ1) is 8.93. The molecule has 1 fully saturated rings. The molecule has 1 aliphatic heterocycles. The maximum absolute atomic E-state index is 5.93. The second-order valence-corrected chi connectivity index (χ2v) is 4.69. The van der Waals surface area contributed by atoms with Gasteiger partial charge in [0.25, 0.3) is 0 Å². The monoisotopic (exact) mass is 243 g/mol. The predicted octanol–water partition coefficient (Wildman–Crippen LogP) is 2.24. The summed E-state index contributed by atoms with van der Waals surface area (Å²) in [6.45, 7) is 1.63. The topological polar surface area (TPSA) is 39.9 Å². The second-order valence-electron chi connectivity index (χ2n) is 4.69. The summed E-state index contributed by atoms with van der Waals surface area (Å²) in [4.78, 5) is 3.98. The van der Waals surface area contributed by atoms with E-state index < -0.39 is 0 Å². The molecule has 2 heterocycles. The largest absolute Gasteiger partial charge is 0.376 e. The number of ether oxygens (including phenoxy) is 1. The zero-order valence-electron chi connectivity index (χ0n) is 10.3. The lowest BCUT2D eigenvalue weighted by atomic mass is 9.87. The summed E-state index contributed by atoms with van der Waals surface area (Å²) < 4.78 is 7.78. The van der Waals surface area contributed by atoms with E-state index in [0.717, 1.165) is 19.6 Å². The van der Waals surface area contributed by atoms with Gasteiger partial charge in [0, 0.05) is 12.5 Å². The van der Waals surface area contributed by atoms with Crippen molar-refractivity contribution < 1.29 is 4.74 Å². The Morgan fingerprint density at radius 2 is 2.17 bits per heavy atom. The van der Waals surface area contributed by atoms with E-state index in [1.807, 2.05) is 4.68 Å². The van der Waals surface area contributed by atoms with Crippen LogP contribution in [0.1, 0.15) is 24.3 Å². The van der Waals surface area contributed by atoms with E-state index in [1.54, 1.807) is 12.7 Å².